The number of aryl methyl sites for hydroxylation is 1. The van der Waals surface area contributed by atoms with Gasteiger partial charge in [0, 0.05) is 38.3 Å². The second-order valence-electron chi connectivity index (χ2n) is 6.87. The minimum Gasteiger partial charge on any atom is -0.334 e. The molecule has 1 saturated heterocycles. The predicted molar refractivity (Wildman–Crippen MR) is 103 cm³/mol. The number of amides is 1. The van der Waals surface area contributed by atoms with E-state index in [9.17, 15) is 14.0 Å². The average molecular weight is 437 g/mol. The third kappa shape index (κ3) is 4.11. The zero-order valence-corrected chi connectivity index (χ0v) is 17.2. The molecule has 2 aromatic rings. The lowest BCUT2D eigenvalue weighted by Crippen LogP contribution is -2.54. The van der Waals surface area contributed by atoms with Gasteiger partial charge in [0.05, 0.1) is 16.7 Å². The van der Waals surface area contributed by atoms with Crippen molar-refractivity contribution in [2.45, 2.75) is 19.9 Å². The fraction of sp³-hybridized carbons (Fsp3) is 0.421. The summed E-state index contributed by atoms with van der Waals surface area (Å²) in [7, 11) is 1.80. The summed E-state index contributed by atoms with van der Waals surface area (Å²) in [6.45, 7) is 5.80. The SMILES string of the molecule is Cc1c(Br)c(C(=O)N2CCN(CC(=O)c3ccc(F)cc3)C(C)C2)nn1C. The minimum atomic E-state index is -0.358. The molecule has 0 radical (unpaired) electrons. The van der Waals surface area contributed by atoms with Crippen LogP contribution in [0.2, 0.25) is 0 Å². The molecule has 1 atom stereocenters. The fourth-order valence-electron chi connectivity index (χ4n) is 3.19. The van der Waals surface area contributed by atoms with Crippen LogP contribution in [-0.4, -0.2) is 63.5 Å². The lowest BCUT2D eigenvalue weighted by molar-refractivity contribution is 0.0496. The molecule has 0 bridgehead atoms. The average Bonchev–Trinajstić information content (AvgIpc) is 2.90. The Kier molecular flexibility index (Phi) is 5.76. The van der Waals surface area contributed by atoms with E-state index in [1.807, 2.05) is 18.7 Å². The van der Waals surface area contributed by atoms with Crippen LogP contribution in [0, 0.1) is 12.7 Å². The maximum absolute atomic E-state index is 13.0. The van der Waals surface area contributed by atoms with Gasteiger partial charge in [-0.25, -0.2) is 4.39 Å². The van der Waals surface area contributed by atoms with Gasteiger partial charge >= 0.3 is 0 Å². The first-order chi connectivity index (χ1) is 12.8. The van der Waals surface area contributed by atoms with Crippen molar-refractivity contribution in [2.24, 2.45) is 7.05 Å². The molecule has 1 aromatic carbocycles. The molecule has 0 spiro atoms. The summed E-state index contributed by atoms with van der Waals surface area (Å²) < 4.78 is 15.4. The van der Waals surface area contributed by atoms with Crippen LogP contribution in [0.5, 0.6) is 0 Å². The molecule has 1 aromatic heterocycles. The summed E-state index contributed by atoms with van der Waals surface area (Å²) in [5.74, 6) is -0.519. The van der Waals surface area contributed by atoms with Crippen LogP contribution in [0.1, 0.15) is 33.5 Å². The predicted octanol–water partition coefficient (Wildman–Crippen LogP) is 2.66. The molecule has 0 aliphatic carbocycles. The van der Waals surface area contributed by atoms with E-state index in [0.717, 1.165) is 10.2 Å². The van der Waals surface area contributed by atoms with Crippen molar-refractivity contribution in [1.29, 1.82) is 0 Å². The van der Waals surface area contributed by atoms with E-state index in [0.29, 0.717) is 30.9 Å². The number of rotatable bonds is 4. The molecular formula is C19H22BrFN4O2. The number of benzene rings is 1. The number of Topliss-reactive ketones (excluding diaryl/α,β-unsaturated/α-hetero) is 1. The number of nitrogens with zero attached hydrogens (tertiary/aromatic N) is 4. The molecule has 1 unspecified atom stereocenters. The van der Waals surface area contributed by atoms with Crippen molar-refractivity contribution in [1.82, 2.24) is 19.6 Å². The maximum Gasteiger partial charge on any atom is 0.275 e. The van der Waals surface area contributed by atoms with Gasteiger partial charge in [-0.05, 0) is 54.0 Å². The Morgan fingerprint density at radius 2 is 1.93 bits per heavy atom. The van der Waals surface area contributed by atoms with E-state index in [2.05, 4.69) is 21.0 Å². The van der Waals surface area contributed by atoms with Gasteiger partial charge in [0.2, 0.25) is 0 Å². The van der Waals surface area contributed by atoms with Gasteiger partial charge in [0.1, 0.15) is 5.82 Å². The molecular weight excluding hydrogens is 415 g/mol. The van der Waals surface area contributed by atoms with Gasteiger partial charge in [-0.1, -0.05) is 0 Å². The highest BCUT2D eigenvalue weighted by atomic mass is 79.9. The highest BCUT2D eigenvalue weighted by Crippen LogP contribution is 2.23. The van der Waals surface area contributed by atoms with E-state index in [-0.39, 0.29) is 30.1 Å². The molecule has 6 nitrogen and oxygen atoms in total. The molecule has 3 rings (SSSR count). The summed E-state index contributed by atoms with van der Waals surface area (Å²) in [6, 6.07) is 5.63. The van der Waals surface area contributed by atoms with Gasteiger partial charge in [-0.2, -0.15) is 5.10 Å². The van der Waals surface area contributed by atoms with E-state index >= 15 is 0 Å². The summed E-state index contributed by atoms with van der Waals surface area (Å²) in [5.41, 5.74) is 1.81. The Labute approximate surface area is 166 Å². The summed E-state index contributed by atoms with van der Waals surface area (Å²) in [4.78, 5) is 29.1. The normalized spacial score (nSPS) is 18.0. The zero-order valence-electron chi connectivity index (χ0n) is 15.6. The number of hydrogen-bond acceptors (Lipinski definition) is 4. The van der Waals surface area contributed by atoms with Crippen LogP contribution >= 0.6 is 15.9 Å². The van der Waals surface area contributed by atoms with Crippen LogP contribution in [0.3, 0.4) is 0 Å². The first-order valence-corrected chi connectivity index (χ1v) is 9.58. The van der Waals surface area contributed by atoms with E-state index < -0.39 is 0 Å². The molecule has 2 heterocycles. The maximum atomic E-state index is 13.0. The molecule has 1 aliphatic rings. The molecule has 0 N–H and O–H groups in total. The summed E-state index contributed by atoms with van der Waals surface area (Å²) in [6.07, 6.45) is 0. The van der Waals surface area contributed by atoms with Crippen molar-refractivity contribution in [3.63, 3.8) is 0 Å². The highest BCUT2D eigenvalue weighted by Gasteiger charge is 2.31. The van der Waals surface area contributed by atoms with Gasteiger partial charge in [-0.15, -0.1) is 0 Å². The van der Waals surface area contributed by atoms with Gasteiger partial charge in [0.15, 0.2) is 11.5 Å². The molecule has 1 fully saturated rings. The highest BCUT2D eigenvalue weighted by molar-refractivity contribution is 9.10. The van der Waals surface area contributed by atoms with Crippen LogP contribution < -0.4 is 0 Å². The quantitative estimate of drug-likeness (QED) is 0.691. The molecule has 0 saturated carbocycles. The number of carbonyl (C=O) groups is 2. The third-order valence-electron chi connectivity index (χ3n) is 5.03. The van der Waals surface area contributed by atoms with Crippen molar-refractivity contribution >= 4 is 27.6 Å². The van der Waals surface area contributed by atoms with Crippen LogP contribution in [0.15, 0.2) is 28.7 Å². The Bertz CT molecular complexity index is 865. The number of piperazine rings is 1. The standard InChI is InChI=1S/C19H22BrFN4O2/c1-12-10-25(19(27)18-17(20)13(2)23(3)22-18)9-8-24(12)11-16(26)14-4-6-15(21)7-5-14/h4-7,12H,8-11H2,1-3H3. The minimum absolute atomic E-state index is 0.0377. The van der Waals surface area contributed by atoms with Gasteiger partial charge < -0.3 is 4.90 Å². The van der Waals surface area contributed by atoms with Gasteiger partial charge in [0.25, 0.3) is 5.91 Å². The molecule has 27 heavy (non-hydrogen) atoms. The van der Waals surface area contributed by atoms with Crippen molar-refractivity contribution in [2.75, 3.05) is 26.2 Å². The Hall–Kier alpha value is -2.06. The molecule has 1 aliphatic heterocycles. The first-order valence-electron chi connectivity index (χ1n) is 8.79. The van der Waals surface area contributed by atoms with Crippen LogP contribution in [0.4, 0.5) is 4.39 Å². The number of aromatic nitrogens is 2. The van der Waals surface area contributed by atoms with Gasteiger partial charge in [-0.3, -0.25) is 19.2 Å². The summed E-state index contributed by atoms with van der Waals surface area (Å²) in [5, 5.41) is 4.30. The lowest BCUT2D eigenvalue weighted by Gasteiger charge is -2.39. The monoisotopic (exact) mass is 436 g/mol. The number of halogens is 2. The topological polar surface area (TPSA) is 58.4 Å². The smallest absolute Gasteiger partial charge is 0.275 e. The number of carbonyl (C=O) groups excluding carboxylic acids is 2. The van der Waals surface area contributed by atoms with Crippen LogP contribution in [-0.2, 0) is 7.05 Å². The number of hydrogen-bond donors (Lipinski definition) is 0. The first kappa shape index (κ1) is 19.7. The molecule has 144 valence electrons. The lowest BCUT2D eigenvalue weighted by atomic mass is 10.1. The largest absolute Gasteiger partial charge is 0.334 e. The van der Waals surface area contributed by atoms with E-state index in [1.165, 1.54) is 24.3 Å². The molecule has 8 heteroatoms. The van der Waals surface area contributed by atoms with E-state index in [4.69, 9.17) is 0 Å². The third-order valence-corrected chi connectivity index (χ3v) is 5.98. The van der Waals surface area contributed by atoms with Crippen molar-refractivity contribution < 1.29 is 14.0 Å². The van der Waals surface area contributed by atoms with Crippen molar-refractivity contribution in [3.05, 3.63) is 51.5 Å². The zero-order chi connectivity index (χ0) is 19.7. The fourth-order valence-corrected chi connectivity index (χ4v) is 3.70. The number of ketones is 1. The van der Waals surface area contributed by atoms with E-state index in [1.54, 1.807) is 16.6 Å². The van der Waals surface area contributed by atoms with Crippen molar-refractivity contribution in [3.8, 4) is 0 Å². The Balaban J connectivity index is 1.63. The summed E-state index contributed by atoms with van der Waals surface area (Å²) >= 11 is 3.45. The second kappa shape index (κ2) is 7.90. The van der Waals surface area contributed by atoms with Crippen LogP contribution in [0.25, 0.3) is 0 Å². The second-order valence-corrected chi connectivity index (χ2v) is 7.67. The molecule has 1 amide bonds. The Morgan fingerprint density at radius 1 is 1.26 bits per heavy atom. The Morgan fingerprint density at radius 3 is 2.48 bits per heavy atom.